The number of nitro benzene ring substituents is 1. The molecule has 7 nitrogen and oxygen atoms in total. The minimum Gasteiger partial charge on any atom is -0.504 e. The Morgan fingerprint density at radius 1 is 1.50 bits per heavy atom. The number of carboxylic acids is 1. The summed E-state index contributed by atoms with van der Waals surface area (Å²) in [5, 5.41) is 32.1. The van der Waals surface area contributed by atoms with Gasteiger partial charge in [0, 0.05) is 16.5 Å². The van der Waals surface area contributed by atoms with Crippen molar-refractivity contribution >= 4 is 23.0 Å². The first-order chi connectivity index (χ1) is 10.4. The van der Waals surface area contributed by atoms with Crippen molar-refractivity contribution in [3.63, 3.8) is 0 Å². The molecular weight excluding hydrogens is 310 g/mol. The Morgan fingerprint density at radius 2 is 2.23 bits per heavy atom. The number of nitro groups is 1. The highest BCUT2D eigenvalue weighted by Gasteiger charge is 2.25. The molecule has 22 heavy (non-hydrogen) atoms. The van der Waals surface area contributed by atoms with E-state index in [1.54, 1.807) is 17.5 Å². The van der Waals surface area contributed by atoms with Crippen LogP contribution in [0.2, 0.25) is 0 Å². The van der Waals surface area contributed by atoms with Gasteiger partial charge in [0.1, 0.15) is 0 Å². The maximum absolute atomic E-state index is 11.4. The van der Waals surface area contributed by atoms with E-state index in [1.807, 2.05) is 0 Å². The lowest BCUT2D eigenvalue weighted by Crippen LogP contribution is -2.13. The van der Waals surface area contributed by atoms with Gasteiger partial charge in [-0.1, -0.05) is 6.07 Å². The molecule has 0 saturated heterocycles. The molecule has 8 heteroatoms. The number of hydrogen-bond donors (Lipinski definition) is 2. The van der Waals surface area contributed by atoms with Crippen LogP contribution in [0.3, 0.4) is 0 Å². The van der Waals surface area contributed by atoms with Crippen molar-refractivity contribution in [2.45, 2.75) is 12.3 Å². The lowest BCUT2D eigenvalue weighted by molar-refractivity contribution is -0.385. The molecule has 1 aromatic carbocycles. The summed E-state index contributed by atoms with van der Waals surface area (Å²) in [5.41, 5.74) is -0.105. The molecule has 0 aliphatic rings. The normalized spacial score (nSPS) is 11.9. The fraction of sp³-hybridized carbons (Fsp3) is 0.214. The third kappa shape index (κ3) is 3.17. The number of carboxylic acid groups (broad SMARTS) is 1. The van der Waals surface area contributed by atoms with E-state index >= 15 is 0 Å². The first kappa shape index (κ1) is 15.8. The van der Waals surface area contributed by atoms with Crippen LogP contribution in [-0.2, 0) is 11.2 Å². The van der Waals surface area contributed by atoms with Crippen molar-refractivity contribution in [3.05, 3.63) is 50.2 Å². The lowest BCUT2D eigenvalue weighted by Gasteiger charge is -2.13. The van der Waals surface area contributed by atoms with Gasteiger partial charge in [-0.2, -0.15) is 0 Å². The topological polar surface area (TPSA) is 110 Å². The Hall–Kier alpha value is -2.61. The third-order valence-corrected chi connectivity index (χ3v) is 4.16. The Balaban J connectivity index is 2.44. The lowest BCUT2D eigenvalue weighted by atomic mass is 9.96. The van der Waals surface area contributed by atoms with E-state index in [4.69, 9.17) is 4.74 Å². The van der Waals surface area contributed by atoms with Crippen molar-refractivity contribution in [2.75, 3.05) is 7.11 Å². The molecule has 1 unspecified atom stereocenters. The Kier molecular flexibility index (Phi) is 4.62. The Bertz CT molecular complexity index is 698. The molecule has 2 rings (SSSR count). The SMILES string of the molecule is COc1cc([N+](=O)[O-])cc(CC(C(=O)O)c2cccs2)c1O. The van der Waals surface area contributed by atoms with Gasteiger partial charge in [0.2, 0.25) is 0 Å². The fourth-order valence-corrected chi connectivity index (χ4v) is 2.90. The molecule has 0 spiro atoms. The number of aliphatic carboxylic acids is 1. The molecule has 2 aromatic rings. The summed E-state index contributed by atoms with van der Waals surface area (Å²) in [7, 11) is 1.27. The maximum atomic E-state index is 11.4. The summed E-state index contributed by atoms with van der Waals surface area (Å²) in [5.74, 6) is -2.29. The van der Waals surface area contributed by atoms with E-state index in [0.717, 1.165) is 6.07 Å². The van der Waals surface area contributed by atoms with Crippen molar-refractivity contribution in [1.82, 2.24) is 0 Å². The molecule has 0 bridgehead atoms. The van der Waals surface area contributed by atoms with Gasteiger partial charge in [0.25, 0.3) is 5.69 Å². The number of rotatable bonds is 6. The second-order valence-electron chi connectivity index (χ2n) is 4.52. The molecule has 0 fully saturated rings. The van der Waals surface area contributed by atoms with E-state index in [9.17, 15) is 25.1 Å². The number of hydrogen-bond acceptors (Lipinski definition) is 6. The maximum Gasteiger partial charge on any atom is 0.312 e. The van der Waals surface area contributed by atoms with Gasteiger partial charge in [-0.3, -0.25) is 14.9 Å². The van der Waals surface area contributed by atoms with Gasteiger partial charge in [0.05, 0.1) is 24.0 Å². The molecule has 1 atom stereocenters. The molecule has 116 valence electrons. The first-order valence-corrected chi connectivity index (χ1v) is 7.12. The summed E-state index contributed by atoms with van der Waals surface area (Å²) in [6, 6.07) is 5.67. The molecule has 0 radical (unpaired) electrons. The van der Waals surface area contributed by atoms with Gasteiger partial charge >= 0.3 is 5.97 Å². The number of ether oxygens (including phenoxy) is 1. The molecular formula is C14H13NO6S. The van der Waals surface area contributed by atoms with Gasteiger partial charge in [-0.25, -0.2) is 0 Å². The number of aromatic hydroxyl groups is 1. The zero-order valence-electron chi connectivity index (χ0n) is 11.6. The van der Waals surface area contributed by atoms with E-state index in [-0.39, 0.29) is 29.2 Å². The van der Waals surface area contributed by atoms with Crippen LogP contribution >= 0.6 is 11.3 Å². The van der Waals surface area contributed by atoms with Crippen molar-refractivity contribution in [2.24, 2.45) is 0 Å². The molecule has 0 saturated carbocycles. The molecule has 1 aromatic heterocycles. The number of thiophene rings is 1. The zero-order valence-corrected chi connectivity index (χ0v) is 12.4. The number of benzene rings is 1. The summed E-state index contributed by atoms with van der Waals surface area (Å²) < 4.78 is 4.91. The second-order valence-corrected chi connectivity index (χ2v) is 5.50. The molecule has 0 aliphatic heterocycles. The van der Waals surface area contributed by atoms with Crippen LogP contribution in [0.5, 0.6) is 11.5 Å². The first-order valence-electron chi connectivity index (χ1n) is 6.24. The van der Waals surface area contributed by atoms with Crippen LogP contribution < -0.4 is 4.74 Å². The number of non-ortho nitro benzene ring substituents is 1. The van der Waals surface area contributed by atoms with Crippen LogP contribution in [0.25, 0.3) is 0 Å². The van der Waals surface area contributed by atoms with Crippen molar-refractivity contribution in [3.8, 4) is 11.5 Å². The highest BCUT2D eigenvalue weighted by Crippen LogP contribution is 2.37. The highest BCUT2D eigenvalue weighted by molar-refractivity contribution is 7.10. The number of phenolic OH excluding ortho intramolecular Hbond substituents is 1. The van der Waals surface area contributed by atoms with Crippen LogP contribution in [-0.4, -0.2) is 28.2 Å². The number of nitrogens with zero attached hydrogens (tertiary/aromatic N) is 1. The quantitative estimate of drug-likeness (QED) is 0.625. The summed E-state index contributed by atoms with van der Waals surface area (Å²) >= 11 is 1.28. The number of methoxy groups -OCH3 is 1. The van der Waals surface area contributed by atoms with E-state index in [2.05, 4.69) is 0 Å². The largest absolute Gasteiger partial charge is 0.504 e. The second kappa shape index (κ2) is 6.44. The summed E-state index contributed by atoms with van der Waals surface area (Å²) in [4.78, 5) is 22.4. The predicted octanol–water partition coefficient (Wildman–Crippen LogP) is 2.78. The van der Waals surface area contributed by atoms with Crippen LogP contribution in [0.4, 0.5) is 5.69 Å². The predicted molar refractivity (Wildman–Crippen MR) is 79.7 cm³/mol. The fourth-order valence-electron chi connectivity index (χ4n) is 2.09. The monoisotopic (exact) mass is 323 g/mol. The van der Waals surface area contributed by atoms with Gasteiger partial charge in [-0.05, 0) is 17.9 Å². The number of carbonyl (C=O) groups is 1. The summed E-state index contributed by atoms with van der Waals surface area (Å²) in [6.45, 7) is 0. The molecule has 0 aliphatic carbocycles. The van der Waals surface area contributed by atoms with E-state index < -0.39 is 16.8 Å². The Morgan fingerprint density at radius 3 is 2.73 bits per heavy atom. The Labute approximate surface area is 129 Å². The molecule has 0 amide bonds. The van der Waals surface area contributed by atoms with Crippen molar-refractivity contribution < 1.29 is 24.7 Å². The van der Waals surface area contributed by atoms with Crippen LogP contribution in [0.15, 0.2) is 29.6 Å². The van der Waals surface area contributed by atoms with Gasteiger partial charge in [-0.15, -0.1) is 11.3 Å². The average molecular weight is 323 g/mol. The standard InChI is InChI=1S/C14H13NO6S/c1-21-11-7-9(15(19)20)5-8(13(11)16)6-10(14(17)18)12-3-2-4-22-12/h2-5,7,10,16H,6H2,1H3,(H,17,18). The minimum absolute atomic E-state index is 0.0560. The summed E-state index contributed by atoms with van der Waals surface area (Å²) in [6.07, 6.45) is -0.0697. The highest BCUT2D eigenvalue weighted by atomic mass is 32.1. The van der Waals surface area contributed by atoms with Crippen LogP contribution in [0.1, 0.15) is 16.4 Å². The molecule has 1 heterocycles. The third-order valence-electron chi connectivity index (χ3n) is 3.18. The van der Waals surface area contributed by atoms with Crippen molar-refractivity contribution in [1.29, 1.82) is 0 Å². The average Bonchev–Trinajstić information content (AvgIpc) is 2.99. The minimum atomic E-state index is -1.06. The van der Waals surface area contributed by atoms with Gasteiger partial charge < -0.3 is 14.9 Å². The number of phenols is 1. The smallest absolute Gasteiger partial charge is 0.312 e. The van der Waals surface area contributed by atoms with Gasteiger partial charge in [0.15, 0.2) is 11.5 Å². The zero-order chi connectivity index (χ0) is 16.3. The van der Waals surface area contributed by atoms with E-state index in [0.29, 0.717) is 4.88 Å². The van der Waals surface area contributed by atoms with E-state index in [1.165, 1.54) is 24.5 Å². The molecule has 2 N–H and O–H groups in total. The van der Waals surface area contributed by atoms with Crippen LogP contribution in [0, 0.1) is 10.1 Å².